The number of carbonyl (C=O) groups is 1. The molecule has 1 heterocycles. The third-order valence-corrected chi connectivity index (χ3v) is 2.32. The van der Waals surface area contributed by atoms with Crippen LogP contribution in [0.1, 0.15) is 6.92 Å². The molecule has 0 aliphatic heterocycles. The molecule has 0 bridgehead atoms. The number of carbonyl (C=O) groups excluding carboxylic acids is 1. The predicted octanol–water partition coefficient (Wildman–Crippen LogP) is 1.76. The van der Waals surface area contributed by atoms with Crippen molar-refractivity contribution in [1.29, 1.82) is 0 Å². The van der Waals surface area contributed by atoms with E-state index in [0.717, 1.165) is 6.07 Å². The molecule has 6 heteroatoms. The quantitative estimate of drug-likeness (QED) is 0.879. The topological polar surface area (TPSA) is 45.2 Å². The molecule has 0 saturated heterocycles. The Morgan fingerprint density at radius 2 is 2.38 bits per heavy atom. The predicted molar refractivity (Wildman–Crippen MR) is 61.0 cm³/mol. The van der Waals surface area contributed by atoms with E-state index >= 15 is 0 Å². The van der Waals surface area contributed by atoms with Gasteiger partial charge in [0.2, 0.25) is 5.91 Å². The first-order valence-corrected chi connectivity index (χ1v) is 5.21. The number of halogens is 2. The Balaban J connectivity index is 2.58. The molecule has 1 aromatic heterocycles. The molecule has 0 aliphatic rings. The van der Waals surface area contributed by atoms with Crippen LogP contribution in [0.4, 0.5) is 10.2 Å². The van der Waals surface area contributed by atoms with E-state index in [2.05, 4.69) is 10.3 Å². The maximum atomic E-state index is 13.2. The zero-order valence-corrected chi connectivity index (χ0v) is 9.88. The van der Waals surface area contributed by atoms with E-state index in [1.807, 2.05) is 6.92 Å². The first kappa shape index (κ1) is 12.7. The van der Waals surface area contributed by atoms with E-state index in [-0.39, 0.29) is 23.3 Å². The first-order chi connectivity index (χ1) is 7.54. The monoisotopic (exact) mass is 245 g/mol. The smallest absolute Gasteiger partial charge is 0.241 e. The number of likely N-dealkylation sites (N-methyl/N-ethyl adjacent to an activating group) is 1. The van der Waals surface area contributed by atoms with Crippen LogP contribution in [-0.2, 0) is 4.79 Å². The molecule has 0 aromatic carbocycles. The Hall–Kier alpha value is -1.36. The highest BCUT2D eigenvalue weighted by molar-refractivity contribution is 6.30. The van der Waals surface area contributed by atoms with Gasteiger partial charge in [-0.15, -0.1) is 0 Å². The molecule has 1 amide bonds. The summed E-state index contributed by atoms with van der Waals surface area (Å²) in [7, 11) is 1.68. The largest absolute Gasteiger partial charge is 0.359 e. The Labute approximate surface area is 98.4 Å². The van der Waals surface area contributed by atoms with Crippen LogP contribution in [0.3, 0.4) is 0 Å². The number of hydrogen-bond donors (Lipinski definition) is 1. The summed E-state index contributed by atoms with van der Waals surface area (Å²) in [5, 5.41) is 2.84. The molecule has 88 valence electrons. The Morgan fingerprint density at radius 1 is 1.69 bits per heavy atom. The van der Waals surface area contributed by atoms with Crippen molar-refractivity contribution in [3.63, 3.8) is 0 Å². The molecular weight excluding hydrogens is 233 g/mol. The van der Waals surface area contributed by atoms with Crippen molar-refractivity contribution in [2.75, 3.05) is 25.5 Å². The van der Waals surface area contributed by atoms with Crippen LogP contribution >= 0.6 is 11.6 Å². The fourth-order valence-corrected chi connectivity index (χ4v) is 1.16. The maximum absolute atomic E-state index is 13.2. The van der Waals surface area contributed by atoms with Crippen LogP contribution in [-0.4, -0.2) is 35.9 Å². The molecule has 1 aromatic rings. The number of hydrogen-bond acceptors (Lipinski definition) is 3. The molecule has 0 aliphatic carbocycles. The third-order valence-electron chi connectivity index (χ3n) is 2.11. The Kier molecular flexibility index (Phi) is 4.49. The lowest BCUT2D eigenvalue weighted by Gasteiger charge is -2.15. The van der Waals surface area contributed by atoms with Gasteiger partial charge < -0.3 is 10.2 Å². The lowest BCUT2D eigenvalue weighted by atomic mass is 10.4. The van der Waals surface area contributed by atoms with Crippen LogP contribution in [0.5, 0.6) is 0 Å². The van der Waals surface area contributed by atoms with Gasteiger partial charge in [0.05, 0.1) is 11.6 Å². The van der Waals surface area contributed by atoms with E-state index in [9.17, 15) is 9.18 Å². The van der Waals surface area contributed by atoms with Crippen molar-refractivity contribution in [2.45, 2.75) is 6.92 Å². The average Bonchev–Trinajstić information content (AvgIpc) is 2.26. The second kappa shape index (κ2) is 5.65. The highest BCUT2D eigenvalue weighted by Crippen LogP contribution is 2.14. The number of anilines is 1. The van der Waals surface area contributed by atoms with Gasteiger partial charge in [-0.3, -0.25) is 4.79 Å². The van der Waals surface area contributed by atoms with Crippen molar-refractivity contribution in [3.05, 3.63) is 23.1 Å². The minimum absolute atomic E-state index is 0.00981. The van der Waals surface area contributed by atoms with Gasteiger partial charge in [-0.25, -0.2) is 9.37 Å². The molecule has 0 fully saturated rings. The number of aromatic nitrogens is 1. The molecule has 0 saturated carbocycles. The minimum atomic E-state index is -0.570. The van der Waals surface area contributed by atoms with Crippen molar-refractivity contribution in [1.82, 2.24) is 9.88 Å². The van der Waals surface area contributed by atoms with Gasteiger partial charge >= 0.3 is 0 Å². The number of amides is 1. The standard InChI is InChI=1S/C10H13ClFN3O/c1-3-15(2)9(16)6-14-10-8(12)4-7(11)5-13-10/h4-5H,3,6H2,1-2H3,(H,13,14). The summed E-state index contributed by atoms with van der Waals surface area (Å²) in [6, 6.07) is 1.14. The lowest BCUT2D eigenvalue weighted by Crippen LogP contribution is -2.32. The van der Waals surface area contributed by atoms with Crippen molar-refractivity contribution >= 4 is 23.3 Å². The van der Waals surface area contributed by atoms with Gasteiger partial charge in [0, 0.05) is 19.8 Å². The summed E-state index contributed by atoms with van der Waals surface area (Å²) < 4.78 is 13.2. The summed E-state index contributed by atoms with van der Waals surface area (Å²) in [5.41, 5.74) is 0. The number of nitrogens with zero attached hydrogens (tertiary/aromatic N) is 2. The zero-order valence-electron chi connectivity index (χ0n) is 9.13. The zero-order chi connectivity index (χ0) is 12.1. The third kappa shape index (κ3) is 3.34. The highest BCUT2D eigenvalue weighted by Gasteiger charge is 2.09. The van der Waals surface area contributed by atoms with Crippen LogP contribution in [0.25, 0.3) is 0 Å². The fourth-order valence-electron chi connectivity index (χ4n) is 1.02. The van der Waals surface area contributed by atoms with E-state index in [0.29, 0.717) is 6.54 Å². The number of rotatable bonds is 4. The van der Waals surface area contributed by atoms with Gasteiger partial charge in [0.25, 0.3) is 0 Å². The van der Waals surface area contributed by atoms with Crippen LogP contribution in [0.2, 0.25) is 5.02 Å². The van der Waals surface area contributed by atoms with E-state index in [1.54, 1.807) is 7.05 Å². The van der Waals surface area contributed by atoms with Crippen LogP contribution in [0, 0.1) is 5.82 Å². The summed E-state index contributed by atoms with van der Waals surface area (Å²) in [5.74, 6) is -0.666. The number of pyridine rings is 1. The lowest BCUT2D eigenvalue weighted by molar-refractivity contribution is -0.127. The van der Waals surface area contributed by atoms with Gasteiger partial charge in [-0.1, -0.05) is 11.6 Å². The second-order valence-corrected chi connectivity index (χ2v) is 3.68. The van der Waals surface area contributed by atoms with Gasteiger partial charge in [-0.05, 0) is 13.0 Å². The Morgan fingerprint density at radius 3 is 2.94 bits per heavy atom. The van der Waals surface area contributed by atoms with E-state index in [1.165, 1.54) is 11.1 Å². The molecule has 0 radical (unpaired) electrons. The maximum Gasteiger partial charge on any atom is 0.241 e. The molecular formula is C10H13ClFN3O. The minimum Gasteiger partial charge on any atom is -0.359 e. The molecule has 0 unspecified atom stereocenters. The van der Waals surface area contributed by atoms with Gasteiger partial charge in [0.1, 0.15) is 0 Å². The molecule has 16 heavy (non-hydrogen) atoms. The average molecular weight is 246 g/mol. The molecule has 4 nitrogen and oxygen atoms in total. The van der Waals surface area contributed by atoms with E-state index < -0.39 is 5.82 Å². The summed E-state index contributed by atoms with van der Waals surface area (Å²) >= 11 is 5.55. The fraction of sp³-hybridized carbons (Fsp3) is 0.400. The van der Waals surface area contributed by atoms with Crippen molar-refractivity contribution < 1.29 is 9.18 Å². The van der Waals surface area contributed by atoms with Crippen LogP contribution in [0.15, 0.2) is 12.3 Å². The van der Waals surface area contributed by atoms with Crippen molar-refractivity contribution in [3.8, 4) is 0 Å². The second-order valence-electron chi connectivity index (χ2n) is 3.25. The molecule has 1 N–H and O–H groups in total. The van der Waals surface area contributed by atoms with Gasteiger partial charge in [-0.2, -0.15) is 0 Å². The SMILES string of the molecule is CCN(C)C(=O)CNc1ncc(Cl)cc1F. The number of nitrogens with one attached hydrogen (secondary N) is 1. The highest BCUT2D eigenvalue weighted by atomic mass is 35.5. The summed E-state index contributed by atoms with van der Waals surface area (Å²) in [6.45, 7) is 2.48. The molecule has 1 rings (SSSR count). The summed E-state index contributed by atoms with van der Waals surface area (Å²) in [6.07, 6.45) is 1.32. The first-order valence-electron chi connectivity index (χ1n) is 4.83. The normalized spacial score (nSPS) is 10.0. The van der Waals surface area contributed by atoms with Crippen LogP contribution < -0.4 is 5.32 Å². The Bertz CT molecular complexity index is 386. The van der Waals surface area contributed by atoms with Gasteiger partial charge in [0.15, 0.2) is 11.6 Å². The summed E-state index contributed by atoms with van der Waals surface area (Å²) in [4.78, 5) is 16.7. The molecule has 0 spiro atoms. The van der Waals surface area contributed by atoms with E-state index in [4.69, 9.17) is 11.6 Å². The van der Waals surface area contributed by atoms with Crippen molar-refractivity contribution in [2.24, 2.45) is 0 Å². The molecule has 0 atom stereocenters.